The van der Waals surface area contributed by atoms with Gasteiger partial charge < -0.3 is 20.5 Å². The average molecular weight is 278 g/mol. The molecule has 1 aliphatic rings. The fourth-order valence-electron chi connectivity index (χ4n) is 2.36. The fraction of sp³-hybridized carbons (Fsp3) is 0.533. The number of hydrogen-bond acceptors (Lipinski definition) is 4. The van der Waals surface area contributed by atoms with Gasteiger partial charge in [0.2, 0.25) is 0 Å². The highest BCUT2D eigenvalue weighted by molar-refractivity contribution is 5.99. The van der Waals surface area contributed by atoms with Gasteiger partial charge in [0.1, 0.15) is 0 Å². The van der Waals surface area contributed by atoms with Crippen molar-refractivity contribution in [2.24, 2.45) is 0 Å². The molecule has 110 valence electrons. The molecule has 1 aliphatic heterocycles. The molecule has 0 saturated carbocycles. The Kier molecular flexibility index (Phi) is 4.18. The summed E-state index contributed by atoms with van der Waals surface area (Å²) in [4.78, 5) is 12.5. The summed E-state index contributed by atoms with van der Waals surface area (Å²) in [6.07, 6.45) is 0.787. The highest BCUT2D eigenvalue weighted by Crippen LogP contribution is 2.29. The minimum absolute atomic E-state index is 0.0111. The molecule has 1 saturated heterocycles. The summed E-state index contributed by atoms with van der Waals surface area (Å²) >= 11 is 0. The molecule has 2 atom stereocenters. The lowest BCUT2D eigenvalue weighted by Crippen LogP contribution is -2.50. The van der Waals surface area contributed by atoms with E-state index in [-0.39, 0.29) is 17.6 Å². The fourth-order valence-corrected chi connectivity index (χ4v) is 2.36. The minimum Gasteiger partial charge on any atom is -0.491 e. The van der Waals surface area contributed by atoms with Crippen molar-refractivity contribution >= 4 is 11.6 Å². The lowest BCUT2D eigenvalue weighted by molar-refractivity contribution is 0.0725. The Labute approximate surface area is 119 Å². The van der Waals surface area contributed by atoms with Crippen LogP contribution in [0.5, 0.6) is 5.75 Å². The van der Waals surface area contributed by atoms with Crippen LogP contribution in [0.1, 0.15) is 37.6 Å². The summed E-state index contributed by atoms with van der Waals surface area (Å²) in [5, 5.41) is 3.05. The van der Waals surface area contributed by atoms with Gasteiger partial charge in [0, 0.05) is 6.61 Å². The number of nitrogens with two attached hydrogens (primary N) is 1. The normalized spacial score (nSPS) is 25.4. The molecule has 1 amide bonds. The van der Waals surface area contributed by atoms with Crippen LogP contribution in [-0.2, 0) is 4.74 Å². The second-order valence-electron chi connectivity index (χ2n) is 5.29. The summed E-state index contributed by atoms with van der Waals surface area (Å²) in [7, 11) is 0. The van der Waals surface area contributed by atoms with Crippen LogP contribution >= 0.6 is 0 Å². The van der Waals surface area contributed by atoms with Crippen molar-refractivity contribution in [1.29, 1.82) is 0 Å². The molecule has 0 aliphatic carbocycles. The molecule has 5 nitrogen and oxygen atoms in total. The van der Waals surface area contributed by atoms with E-state index in [1.54, 1.807) is 18.2 Å². The molecule has 2 unspecified atom stereocenters. The van der Waals surface area contributed by atoms with Gasteiger partial charge in [-0.2, -0.15) is 0 Å². The topological polar surface area (TPSA) is 73.6 Å². The largest absolute Gasteiger partial charge is 0.491 e. The summed E-state index contributed by atoms with van der Waals surface area (Å²) in [5.41, 5.74) is 6.47. The van der Waals surface area contributed by atoms with Crippen molar-refractivity contribution in [3.63, 3.8) is 0 Å². The molecule has 5 heteroatoms. The number of carbonyl (C=O) groups excluding carboxylic acids is 1. The maximum atomic E-state index is 12.5. The summed E-state index contributed by atoms with van der Waals surface area (Å²) in [6.45, 7) is 6.95. The van der Waals surface area contributed by atoms with Crippen molar-refractivity contribution in [1.82, 2.24) is 5.32 Å². The van der Waals surface area contributed by atoms with Crippen LogP contribution in [0.2, 0.25) is 0 Å². The molecule has 1 fully saturated rings. The number of hydrogen-bond donors (Lipinski definition) is 2. The van der Waals surface area contributed by atoms with Crippen LogP contribution in [-0.4, -0.2) is 30.8 Å². The first kappa shape index (κ1) is 14.7. The molecule has 3 N–H and O–H groups in total. The smallest absolute Gasteiger partial charge is 0.255 e. The van der Waals surface area contributed by atoms with Crippen LogP contribution in [0.4, 0.5) is 5.69 Å². The van der Waals surface area contributed by atoms with Gasteiger partial charge in [-0.3, -0.25) is 4.79 Å². The van der Waals surface area contributed by atoms with E-state index < -0.39 is 0 Å². The second kappa shape index (κ2) is 5.71. The third-order valence-electron chi connectivity index (χ3n) is 3.86. The van der Waals surface area contributed by atoms with Gasteiger partial charge in [-0.1, -0.05) is 6.07 Å². The maximum absolute atomic E-state index is 12.5. The van der Waals surface area contributed by atoms with E-state index in [1.165, 1.54) is 0 Å². The SMILES string of the molecule is CCOc1c(N)cccc1C(=O)NC1(C)CCOC1C. The number of ether oxygens (including phenoxy) is 2. The summed E-state index contributed by atoms with van der Waals surface area (Å²) < 4.78 is 11.0. The number of anilines is 1. The predicted octanol–water partition coefficient (Wildman–Crippen LogP) is 1.96. The van der Waals surface area contributed by atoms with Gasteiger partial charge >= 0.3 is 0 Å². The molecule has 1 heterocycles. The van der Waals surface area contributed by atoms with Crippen molar-refractivity contribution in [3.8, 4) is 5.75 Å². The third kappa shape index (κ3) is 2.72. The molecule has 20 heavy (non-hydrogen) atoms. The first-order chi connectivity index (χ1) is 9.48. The Hall–Kier alpha value is -1.75. The van der Waals surface area contributed by atoms with Gasteiger partial charge in [-0.05, 0) is 39.3 Å². The zero-order chi connectivity index (χ0) is 14.8. The molecule has 0 spiro atoms. The maximum Gasteiger partial charge on any atom is 0.255 e. The van der Waals surface area contributed by atoms with Crippen molar-refractivity contribution in [3.05, 3.63) is 23.8 Å². The molecule has 1 aromatic carbocycles. The number of amides is 1. The number of nitrogens with one attached hydrogen (secondary N) is 1. The highest BCUT2D eigenvalue weighted by atomic mass is 16.5. The molecule has 1 aromatic rings. The molecule has 2 rings (SSSR count). The monoisotopic (exact) mass is 278 g/mol. The predicted molar refractivity (Wildman–Crippen MR) is 77.9 cm³/mol. The summed E-state index contributed by atoms with van der Waals surface area (Å²) in [5.74, 6) is 0.267. The third-order valence-corrected chi connectivity index (χ3v) is 3.86. The van der Waals surface area contributed by atoms with Crippen LogP contribution in [0.25, 0.3) is 0 Å². The van der Waals surface area contributed by atoms with E-state index >= 15 is 0 Å². The summed E-state index contributed by atoms with van der Waals surface area (Å²) in [6, 6.07) is 5.20. The van der Waals surface area contributed by atoms with Crippen LogP contribution in [0.15, 0.2) is 18.2 Å². The van der Waals surface area contributed by atoms with Crippen molar-refractivity contribution < 1.29 is 14.3 Å². The van der Waals surface area contributed by atoms with Gasteiger partial charge in [0.05, 0.1) is 29.5 Å². The number of benzene rings is 1. The Bertz CT molecular complexity index is 504. The van der Waals surface area contributed by atoms with E-state index in [2.05, 4.69) is 5.32 Å². The minimum atomic E-state index is -0.356. The van der Waals surface area contributed by atoms with Crippen molar-refractivity contribution in [2.45, 2.75) is 38.8 Å². The first-order valence-electron chi connectivity index (χ1n) is 6.93. The number of carbonyl (C=O) groups is 1. The quantitative estimate of drug-likeness (QED) is 0.826. The average Bonchev–Trinajstić information content (AvgIpc) is 2.72. The highest BCUT2D eigenvalue weighted by Gasteiger charge is 2.38. The Morgan fingerprint density at radius 1 is 1.60 bits per heavy atom. The van der Waals surface area contributed by atoms with Gasteiger partial charge in [0.15, 0.2) is 5.75 Å². The van der Waals surface area contributed by atoms with E-state index in [1.807, 2.05) is 20.8 Å². The van der Waals surface area contributed by atoms with Gasteiger partial charge in [-0.25, -0.2) is 0 Å². The van der Waals surface area contributed by atoms with Gasteiger partial charge in [-0.15, -0.1) is 0 Å². The number of para-hydroxylation sites is 1. The first-order valence-corrected chi connectivity index (χ1v) is 6.93. The van der Waals surface area contributed by atoms with Crippen LogP contribution in [0, 0.1) is 0 Å². The standard InChI is InChI=1S/C15H22N2O3/c1-4-19-13-11(6-5-7-12(13)16)14(18)17-15(3)8-9-20-10(15)2/h5-7,10H,4,8-9,16H2,1-3H3,(H,17,18). The van der Waals surface area contributed by atoms with E-state index in [4.69, 9.17) is 15.2 Å². The Morgan fingerprint density at radius 2 is 2.35 bits per heavy atom. The molecule has 0 bridgehead atoms. The Morgan fingerprint density at radius 3 is 2.95 bits per heavy atom. The van der Waals surface area contributed by atoms with E-state index in [0.717, 1.165) is 6.42 Å². The Balaban J connectivity index is 2.23. The molecule has 0 radical (unpaired) electrons. The lowest BCUT2D eigenvalue weighted by Gasteiger charge is -2.29. The second-order valence-corrected chi connectivity index (χ2v) is 5.29. The van der Waals surface area contributed by atoms with Crippen molar-refractivity contribution in [2.75, 3.05) is 18.9 Å². The molecular weight excluding hydrogens is 256 g/mol. The van der Waals surface area contributed by atoms with Crippen LogP contribution in [0.3, 0.4) is 0 Å². The zero-order valence-electron chi connectivity index (χ0n) is 12.2. The van der Waals surface area contributed by atoms with Gasteiger partial charge in [0.25, 0.3) is 5.91 Å². The number of rotatable bonds is 4. The zero-order valence-corrected chi connectivity index (χ0v) is 12.2. The number of nitrogen functional groups attached to an aromatic ring is 1. The molecule has 0 aromatic heterocycles. The lowest BCUT2D eigenvalue weighted by atomic mass is 9.94. The van der Waals surface area contributed by atoms with Crippen LogP contribution < -0.4 is 15.8 Å². The van der Waals surface area contributed by atoms with E-state index in [9.17, 15) is 4.79 Å². The van der Waals surface area contributed by atoms with E-state index in [0.29, 0.717) is 30.2 Å². The molecular formula is C15H22N2O3.